The normalized spacial score (nSPS) is 17.4. The molecule has 1 aliphatic rings. The average molecular weight is 1060 g/mol. The number of hydrogen-bond donors (Lipinski definition) is 0. The van der Waals surface area contributed by atoms with E-state index in [1.165, 1.54) is 53.5 Å². The van der Waals surface area contributed by atoms with E-state index in [4.69, 9.17) is 17.1 Å². The summed E-state index contributed by atoms with van der Waals surface area (Å²) in [5.41, 5.74) is -2.03. The Kier molecular flexibility index (Phi) is 5.94. The van der Waals surface area contributed by atoms with Crippen LogP contribution < -0.4 is 30.1 Å². The molecule has 14 aromatic rings. The lowest BCUT2D eigenvalue weighted by Gasteiger charge is -2.35. The number of fused-ring (bicyclic) bond motifs is 10. The highest BCUT2D eigenvalue weighted by atomic mass is 28.3. The molecule has 0 N–H and O–H groups in total. The van der Waals surface area contributed by atoms with Crippen LogP contribution in [0, 0.1) is 6.85 Å². The molecule has 0 aliphatic carbocycles. The highest BCUT2D eigenvalue weighted by Gasteiger charge is 2.42. The summed E-state index contributed by atoms with van der Waals surface area (Å²) in [5, 5.41) is -2.89. The molecule has 5 nitrogen and oxygen atoms in total. The van der Waals surface area contributed by atoms with Crippen LogP contribution in [0.25, 0.3) is 94.5 Å². The van der Waals surface area contributed by atoms with E-state index in [0.717, 1.165) is 10.8 Å². The molecule has 0 spiro atoms. The largest absolute Gasteiger partial charge is 0.457 e. The number of hydrogen-bond acceptors (Lipinski definition) is 2. The van der Waals surface area contributed by atoms with Gasteiger partial charge in [-0.1, -0.05) is 212 Å². The summed E-state index contributed by atoms with van der Waals surface area (Å²) in [6, 6.07) is 1.83. The van der Waals surface area contributed by atoms with Crippen LogP contribution in [0.1, 0.15) is 46.7 Å². The van der Waals surface area contributed by atoms with Gasteiger partial charge in [0.1, 0.15) is 28.7 Å². The molecule has 372 valence electrons. The van der Waals surface area contributed by atoms with Gasteiger partial charge in [-0.3, -0.25) is 4.57 Å². The second-order valence-electron chi connectivity index (χ2n) is 18.3. The van der Waals surface area contributed by atoms with Crippen LogP contribution in [0.15, 0.2) is 291 Å². The third kappa shape index (κ3) is 7.52. The number of benzene rings is 11. The van der Waals surface area contributed by atoms with Crippen LogP contribution in [0.2, 0.25) is 0 Å². The van der Waals surface area contributed by atoms with Crippen molar-refractivity contribution in [3.63, 3.8) is 0 Å². The van der Waals surface area contributed by atoms with Gasteiger partial charge in [0.25, 0.3) is 6.33 Å². The van der Waals surface area contributed by atoms with Crippen LogP contribution in [0.5, 0.6) is 11.5 Å². The summed E-state index contributed by atoms with van der Waals surface area (Å²) in [7, 11) is -6.57. The van der Waals surface area contributed by atoms with Crippen molar-refractivity contribution in [1.82, 2.24) is 14.1 Å². The molecule has 0 saturated carbocycles. The molecule has 1 aliphatic heterocycles. The monoisotopic (exact) mass is 1060 g/mol. The minimum absolute atomic E-state index is 0.0221. The highest BCUT2D eigenvalue weighted by Crippen LogP contribution is 2.45. The van der Waals surface area contributed by atoms with Crippen molar-refractivity contribution >= 4 is 61.7 Å². The fourth-order valence-electron chi connectivity index (χ4n) is 10.8. The predicted octanol–water partition coefficient (Wildman–Crippen LogP) is 14.9. The van der Waals surface area contributed by atoms with Crippen molar-refractivity contribution in [1.29, 1.82) is 0 Å². The van der Waals surface area contributed by atoms with Crippen LogP contribution in [-0.2, 0) is 0 Å². The summed E-state index contributed by atoms with van der Waals surface area (Å²) in [5.74, 6) is 0.826. The Balaban J connectivity index is 1.11. The van der Waals surface area contributed by atoms with Crippen molar-refractivity contribution in [2.24, 2.45) is 0 Å². The van der Waals surface area contributed by atoms with E-state index in [1.54, 1.807) is 53.1 Å². The number of aromatic nitrogens is 4. The predicted molar refractivity (Wildman–Crippen MR) is 327 cm³/mol. The molecule has 79 heavy (non-hydrogen) atoms. The minimum atomic E-state index is -6.57. The molecule has 4 heterocycles. The van der Waals surface area contributed by atoms with E-state index < -0.39 is 227 Å². The van der Waals surface area contributed by atoms with Gasteiger partial charge in [-0.15, -0.1) is 0 Å². The Hall–Kier alpha value is -10.1. The maximum Gasteiger partial charge on any atom is 0.255 e. The van der Waals surface area contributed by atoms with Crippen molar-refractivity contribution < 1.29 is 50.4 Å². The zero-order valence-electron chi connectivity index (χ0n) is 70.8. The number of pyridine rings is 1. The lowest BCUT2D eigenvalue weighted by Crippen LogP contribution is -2.74. The molecule has 3 aromatic heterocycles. The van der Waals surface area contributed by atoms with Crippen LogP contribution in [-0.4, -0.2) is 22.2 Å². The summed E-state index contributed by atoms with van der Waals surface area (Å²) >= 11 is 0. The number of rotatable bonds is 9. The number of nitrogens with zero attached hydrogens (tertiary/aromatic N) is 4. The molecular formula is C73H51N4OSi+. The zero-order valence-corrected chi connectivity index (χ0v) is 41.8. The lowest BCUT2D eigenvalue weighted by molar-refractivity contribution is -0.566. The molecule has 0 amide bonds. The first-order chi connectivity index (χ1) is 51.5. The molecule has 15 rings (SSSR count). The van der Waals surface area contributed by atoms with Crippen molar-refractivity contribution in [3.8, 4) is 73.2 Å². The molecule has 0 fully saturated rings. The second-order valence-corrected chi connectivity index (χ2v) is 21.8. The van der Waals surface area contributed by atoms with Gasteiger partial charge < -0.3 is 4.74 Å². The molecule has 0 unspecified atom stereocenters. The molecular weight excluding hydrogens is 977 g/mol. The van der Waals surface area contributed by atoms with Crippen LogP contribution >= 0.6 is 0 Å². The Labute approximate surface area is 502 Å². The van der Waals surface area contributed by atoms with Gasteiger partial charge in [-0.25, -0.2) is 4.98 Å². The Bertz CT molecular complexity index is 6170. The number of aryl methyl sites for hydroxylation is 1. The standard InChI is InChI=1S/C73H51N4OSi/c1-50-43-44-74-71(45-50)77-68-37-17-16-33-63(68)64-41-39-54(47-70(64)77)78-53-24-18-23-52(46-53)75-49-76-72-59(51-21-6-2-7-22-51)34-19-35-66(72)67-48-58(40-42-62(67)60-31-14-15-32-61(60)65-36-20-38-69(75)73(65)76)79(55-25-8-3-9-26-55,56-27-10-4-11-28-56)57-29-12-5-13-30-57/h2-49H,1H3/q+1/i1D3,2D,3D,4D,5D,6D,7D,8D,9D,10D,11D,12D,13D,14D,15D,21D,22D,25D,26D,27D,28D,29D,30D,31D,32D,40D,42D,48D. The molecule has 0 saturated heterocycles. The summed E-state index contributed by atoms with van der Waals surface area (Å²) < 4.78 is 295. The van der Waals surface area contributed by atoms with Gasteiger partial charge in [0.15, 0.2) is 19.1 Å². The average Bonchev–Trinajstić information content (AvgIpc) is 0.893. The number of imidazole rings is 1. The molecule has 0 radical (unpaired) electrons. The summed E-state index contributed by atoms with van der Waals surface area (Å²) in [6.07, 6.45) is 2.89. The van der Waals surface area contributed by atoms with Gasteiger partial charge in [0.2, 0.25) is 0 Å². The second kappa shape index (κ2) is 18.8. The smallest absolute Gasteiger partial charge is 0.255 e. The number of para-hydroxylation sites is 3. The van der Waals surface area contributed by atoms with Gasteiger partial charge in [-0.05, 0) is 116 Å². The van der Waals surface area contributed by atoms with E-state index in [9.17, 15) is 28.8 Å². The first-order valence-electron chi connectivity index (χ1n) is 39.5. The van der Waals surface area contributed by atoms with Gasteiger partial charge in [0.05, 0.1) is 48.0 Å². The maximum atomic E-state index is 11.3. The van der Waals surface area contributed by atoms with Crippen LogP contribution in [0.3, 0.4) is 0 Å². The van der Waals surface area contributed by atoms with Crippen LogP contribution in [0.4, 0.5) is 0 Å². The van der Waals surface area contributed by atoms with E-state index >= 15 is 0 Å². The highest BCUT2D eigenvalue weighted by molar-refractivity contribution is 7.20. The Morgan fingerprint density at radius 2 is 1.08 bits per heavy atom. The molecule has 0 atom stereocenters. The first kappa shape index (κ1) is 24.9. The third-order valence-electron chi connectivity index (χ3n) is 14.0. The molecule has 6 heteroatoms. The lowest BCUT2D eigenvalue weighted by atomic mass is 9.88. The summed E-state index contributed by atoms with van der Waals surface area (Å²) in [4.78, 5) is 4.59. The van der Waals surface area contributed by atoms with Gasteiger partial charge in [-0.2, -0.15) is 9.13 Å². The topological polar surface area (TPSA) is 35.9 Å². The fraction of sp³-hybridized carbons (Fsp3) is 0.0137. The SMILES string of the molecule is [2H]c1c([2H])c([2H])c(-c2cccc3c2-[n+]2cn(-c4cccc(Oc5ccc6c7ccccc7n(-c7cc(C([2H])([2H])[2H])ccn7)c6c5)c4)c4cccc(c42)-c2c([2H])c([2H])c([2H])c([2H])c2-c2c([2H])c([2H])c([Si](c4c([2H])c([2H])c([2H])c([2H])c4[2H])(c4c([2H])c([2H])c([2H])c([2H])c4[2H])c4c([2H])c([2H])c([2H])c([2H])c4[2H])c([2H])c2-3)c([2H])c1[2H]. The molecule has 11 aromatic carbocycles. The van der Waals surface area contributed by atoms with E-state index in [-0.39, 0.29) is 44.7 Å². The van der Waals surface area contributed by atoms with E-state index in [1.807, 2.05) is 34.9 Å². The van der Waals surface area contributed by atoms with Gasteiger partial charge in [0, 0.05) is 49.9 Å². The third-order valence-corrected chi connectivity index (χ3v) is 18.0. The number of ether oxygens (including phenoxy) is 1. The van der Waals surface area contributed by atoms with E-state index in [2.05, 4.69) is 4.98 Å². The van der Waals surface area contributed by atoms with Crippen molar-refractivity contribution in [2.75, 3.05) is 0 Å². The Morgan fingerprint density at radius 1 is 0.468 bits per heavy atom. The fourth-order valence-corrected chi connectivity index (χ4v) is 14.3. The van der Waals surface area contributed by atoms with Crippen molar-refractivity contribution in [3.05, 3.63) is 296 Å². The molecule has 0 bridgehead atoms. The first-order valence-corrected chi connectivity index (χ1v) is 26.5. The summed E-state index contributed by atoms with van der Waals surface area (Å²) in [6.45, 7) is -2.46. The minimum Gasteiger partial charge on any atom is -0.457 e. The zero-order chi connectivity index (χ0) is 78.4. The quantitative estimate of drug-likeness (QED) is 0.0820. The Morgan fingerprint density at radius 3 is 1.82 bits per heavy atom. The van der Waals surface area contributed by atoms with Crippen molar-refractivity contribution in [2.45, 2.75) is 6.85 Å². The van der Waals surface area contributed by atoms with Gasteiger partial charge >= 0.3 is 0 Å². The van der Waals surface area contributed by atoms with E-state index in [0.29, 0.717) is 28.3 Å². The maximum absolute atomic E-state index is 11.3.